The lowest BCUT2D eigenvalue weighted by Crippen LogP contribution is -2.41. The molecular formula is C9H15ClN2O. The van der Waals surface area contributed by atoms with Gasteiger partial charge in [-0.25, -0.2) is 0 Å². The van der Waals surface area contributed by atoms with Crippen molar-refractivity contribution in [3.05, 3.63) is 11.6 Å². The Kier molecular flexibility index (Phi) is 4.25. The summed E-state index contributed by atoms with van der Waals surface area (Å²) in [4.78, 5) is 13.5. The third-order valence-electron chi connectivity index (χ3n) is 2.34. The van der Waals surface area contributed by atoms with Gasteiger partial charge in [-0.3, -0.25) is 9.69 Å². The number of carbonyl (C=O) groups excluding carboxylic acids is 1. The maximum Gasteiger partial charge on any atom is 0.237 e. The summed E-state index contributed by atoms with van der Waals surface area (Å²) in [7, 11) is 1.68. The van der Waals surface area contributed by atoms with Gasteiger partial charge in [0.2, 0.25) is 5.91 Å². The van der Waals surface area contributed by atoms with Gasteiger partial charge < -0.3 is 5.32 Å². The number of hydrogen-bond donors (Lipinski definition) is 1. The van der Waals surface area contributed by atoms with E-state index < -0.39 is 0 Å². The molecule has 0 bridgehead atoms. The van der Waals surface area contributed by atoms with Crippen LogP contribution in [0, 0.1) is 0 Å². The van der Waals surface area contributed by atoms with Gasteiger partial charge in [-0.15, -0.1) is 0 Å². The molecule has 0 aliphatic carbocycles. The summed E-state index contributed by atoms with van der Waals surface area (Å²) in [5.41, 5.74) is 1.50. The van der Waals surface area contributed by atoms with E-state index >= 15 is 0 Å². The van der Waals surface area contributed by atoms with Crippen LogP contribution < -0.4 is 5.32 Å². The molecule has 0 aromatic carbocycles. The van der Waals surface area contributed by atoms with Crippen molar-refractivity contribution < 1.29 is 4.79 Å². The summed E-state index contributed by atoms with van der Waals surface area (Å²) < 4.78 is 0. The second-order valence-electron chi connectivity index (χ2n) is 3.13. The van der Waals surface area contributed by atoms with Crippen molar-refractivity contribution in [2.24, 2.45) is 0 Å². The number of nitrogens with zero attached hydrogens (tertiary/aromatic N) is 1. The molecule has 3 nitrogen and oxygen atoms in total. The van der Waals surface area contributed by atoms with Gasteiger partial charge in [-0.05, 0) is 19.4 Å². The van der Waals surface area contributed by atoms with E-state index in [0.717, 1.165) is 25.9 Å². The second-order valence-corrected chi connectivity index (χ2v) is 3.38. The quantitative estimate of drug-likeness (QED) is 0.739. The number of rotatable bonds is 3. The summed E-state index contributed by atoms with van der Waals surface area (Å²) >= 11 is 5.43. The van der Waals surface area contributed by atoms with Crippen LogP contribution in [0.5, 0.6) is 0 Å². The first-order valence-electron chi connectivity index (χ1n) is 4.50. The number of halogens is 1. The summed E-state index contributed by atoms with van der Waals surface area (Å²) in [6.07, 6.45) is 3.91. The highest BCUT2D eigenvalue weighted by Crippen LogP contribution is 2.16. The van der Waals surface area contributed by atoms with Crippen LogP contribution in [0.4, 0.5) is 0 Å². The maximum atomic E-state index is 11.4. The van der Waals surface area contributed by atoms with Crippen molar-refractivity contribution in [3.8, 4) is 0 Å². The monoisotopic (exact) mass is 202 g/mol. The minimum absolute atomic E-state index is 0.0397. The Morgan fingerprint density at radius 3 is 3.15 bits per heavy atom. The van der Waals surface area contributed by atoms with Crippen LogP contribution in [0.25, 0.3) is 0 Å². The molecule has 74 valence electrons. The number of hydrogen-bond acceptors (Lipinski definition) is 2. The molecule has 0 aromatic heterocycles. The average molecular weight is 203 g/mol. The molecule has 1 atom stereocenters. The van der Waals surface area contributed by atoms with Gasteiger partial charge in [0.1, 0.15) is 0 Å². The Morgan fingerprint density at radius 1 is 1.77 bits per heavy atom. The molecule has 0 saturated carbocycles. The summed E-state index contributed by atoms with van der Waals surface area (Å²) in [6.45, 7) is 1.75. The van der Waals surface area contributed by atoms with Crippen LogP contribution in [0.15, 0.2) is 11.6 Å². The molecule has 0 spiro atoms. The van der Waals surface area contributed by atoms with Crippen molar-refractivity contribution in [2.75, 3.05) is 20.1 Å². The molecular weight excluding hydrogens is 188 g/mol. The van der Waals surface area contributed by atoms with Crippen LogP contribution in [0.3, 0.4) is 0 Å². The SMILES string of the molecule is CNC(=O)C1CCCN1C/C=C/Cl. The van der Waals surface area contributed by atoms with Crippen LogP contribution in [0.1, 0.15) is 12.8 Å². The Morgan fingerprint density at radius 2 is 2.54 bits per heavy atom. The van der Waals surface area contributed by atoms with Crippen LogP contribution in [-0.4, -0.2) is 37.0 Å². The first-order valence-corrected chi connectivity index (χ1v) is 4.94. The zero-order valence-corrected chi connectivity index (χ0v) is 8.55. The molecule has 1 unspecified atom stereocenters. The molecule has 1 saturated heterocycles. The van der Waals surface area contributed by atoms with Crippen molar-refractivity contribution in [1.29, 1.82) is 0 Å². The lowest BCUT2D eigenvalue weighted by Gasteiger charge is -2.20. The smallest absolute Gasteiger partial charge is 0.237 e. The third kappa shape index (κ3) is 2.71. The number of likely N-dealkylation sites (tertiary alicyclic amines) is 1. The zero-order valence-electron chi connectivity index (χ0n) is 7.79. The van der Waals surface area contributed by atoms with Crippen LogP contribution >= 0.6 is 11.6 Å². The van der Waals surface area contributed by atoms with Crippen LogP contribution in [0.2, 0.25) is 0 Å². The van der Waals surface area contributed by atoms with Crippen molar-refractivity contribution in [2.45, 2.75) is 18.9 Å². The average Bonchev–Trinajstić information content (AvgIpc) is 2.61. The predicted octanol–water partition coefficient (Wildman–Crippen LogP) is 0.949. The van der Waals surface area contributed by atoms with E-state index in [9.17, 15) is 4.79 Å². The van der Waals surface area contributed by atoms with E-state index in [-0.39, 0.29) is 11.9 Å². The highest BCUT2D eigenvalue weighted by atomic mass is 35.5. The molecule has 1 amide bonds. The minimum Gasteiger partial charge on any atom is -0.358 e. The highest BCUT2D eigenvalue weighted by molar-refractivity contribution is 6.25. The normalized spacial score (nSPS) is 24.0. The van der Waals surface area contributed by atoms with Gasteiger partial charge in [0.05, 0.1) is 6.04 Å². The molecule has 13 heavy (non-hydrogen) atoms. The maximum absolute atomic E-state index is 11.4. The molecule has 4 heteroatoms. The van der Waals surface area contributed by atoms with Gasteiger partial charge in [0, 0.05) is 19.1 Å². The van der Waals surface area contributed by atoms with E-state index in [1.54, 1.807) is 7.05 Å². The molecule has 1 aliphatic heterocycles. The largest absolute Gasteiger partial charge is 0.358 e. The third-order valence-corrected chi connectivity index (χ3v) is 2.52. The van der Waals surface area contributed by atoms with Crippen LogP contribution in [-0.2, 0) is 4.79 Å². The van der Waals surface area contributed by atoms with E-state index in [1.165, 1.54) is 5.54 Å². The fraction of sp³-hybridized carbons (Fsp3) is 0.667. The highest BCUT2D eigenvalue weighted by Gasteiger charge is 2.28. The van der Waals surface area contributed by atoms with Gasteiger partial charge >= 0.3 is 0 Å². The van der Waals surface area contributed by atoms with E-state index in [0.29, 0.717) is 0 Å². The molecule has 1 aliphatic rings. The number of nitrogens with one attached hydrogen (secondary N) is 1. The first-order chi connectivity index (χ1) is 6.29. The lowest BCUT2D eigenvalue weighted by molar-refractivity contribution is -0.124. The van der Waals surface area contributed by atoms with Crippen molar-refractivity contribution >= 4 is 17.5 Å². The Hall–Kier alpha value is -0.540. The molecule has 1 fully saturated rings. The molecule has 1 heterocycles. The first kappa shape index (κ1) is 10.5. The van der Waals surface area contributed by atoms with Crippen molar-refractivity contribution in [3.63, 3.8) is 0 Å². The summed E-state index contributed by atoms with van der Waals surface area (Å²) in [5, 5.41) is 2.68. The van der Waals surface area contributed by atoms with E-state index in [2.05, 4.69) is 10.2 Å². The molecule has 1 rings (SSSR count). The lowest BCUT2D eigenvalue weighted by atomic mass is 10.2. The minimum atomic E-state index is 0.0397. The number of amides is 1. The Balaban J connectivity index is 2.48. The number of carbonyl (C=O) groups is 1. The molecule has 0 radical (unpaired) electrons. The standard InChI is InChI=1S/C9H15ClN2O/c1-11-9(13)8-4-2-6-12(8)7-3-5-10/h3,5,8H,2,4,6-7H2,1H3,(H,11,13)/b5-3+. The van der Waals surface area contributed by atoms with E-state index in [4.69, 9.17) is 11.6 Å². The fourth-order valence-corrected chi connectivity index (χ4v) is 1.76. The summed E-state index contributed by atoms with van der Waals surface area (Å²) in [5.74, 6) is 0.112. The fourth-order valence-electron chi connectivity index (χ4n) is 1.68. The Bertz CT molecular complexity index is 206. The zero-order chi connectivity index (χ0) is 9.68. The van der Waals surface area contributed by atoms with Gasteiger partial charge in [0.25, 0.3) is 0 Å². The van der Waals surface area contributed by atoms with Gasteiger partial charge in [-0.1, -0.05) is 17.7 Å². The predicted molar refractivity (Wildman–Crippen MR) is 53.7 cm³/mol. The number of likely N-dealkylation sites (N-methyl/N-ethyl adjacent to an activating group) is 1. The van der Waals surface area contributed by atoms with Gasteiger partial charge in [0.15, 0.2) is 0 Å². The van der Waals surface area contributed by atoms with Crippen molar-refractivity contribution in [1.82, 2.24) is 10.2 Å². The topological polar surface area (TPSA) is 32.3 Å². The molecule has 0 aromatic rings. The van der Waals surface area contributed by atoms with E-state index in [1.807, 2.05) is 6.08 Å². The summed E-state index contributed by atoms with van der Waals surface area (Å²) in [6, 6.07) is 0.0397. The Labute approximate surface area is 83.7 Å². The molecule has 1 N–H and O–H groups in total. The second kappa shape index (κ2) is 5.25. The van der Waals surface area contributed by atoms with Gasteiger partial charge in [-0.2, -0.15) is 0 Å².